The Morgan fingerprint density at radius 2 is 1.86 bits per heavy atom. The van der Waals surface area contributed by atoms with E-state index in [-0.39, 0.29) is 46.8 Å². The number of rotatable bonds is 7. The van der Waals surface area contributed by atoms with Gasteiger partial charge in [-0.15, -0.1) is 8.78 Å². The van der Waals surface area contributed by atoms with Gasteiger partial charge in [-0.3, -0.25) is 9.78 Å². The van der Waals surface area contributed by atoms with Crippen molar-refractivity contribution in [1.29, 1.82) is 0 Å². The van der Waals surface area contributed by atoms with Gasteiger partial charge in [-0.2, -0.15) is 18.3 Å². The van der Waals surface area contributed by atoms with Crippen LogP contribution in [0, 0.1) is 5.92 Å². The van der Waals surface area contributed by atoms with Gasteiger partial charge < -0.3 is 24.1 Å². The number of carboxylic acids is 1. The van der Waals surface area contributed by atoms with Crippen molar-refractivity contribution < 1.29 is 50.8 Å². The highest BCUT2D eigenvalue weighted by atomic mass is 19.4. The van der Waals surface area contributed by atoms with E-state index in [1.54, 1.807) is 6.92 Å². The van der Waals surface area contributed by atoms with Crippen molar-refractivity contribution in [3.05, 3.63) is 53.2 Å². The van der Waals surface area contributed by atoms with Crippen LogP contribution in [0.25, 0.3) is 5.69 Å². The summed E-state index contributed by atoms with van der Waals surface area (Å²) >= 11 is 0. The fraction of sp³-hybridized carbons (Fsp3) is 0.500. The maximum Gasteiger partial charge on any atom is 0.586 e. The van der Waals surface area contributed by atoms with Crippen LogP contribution < -0.4 is 14.2 Å². The molecule has 15 heteroatoms. The number of carbonyl (C=O) groups is 1. The predicted octanol–water partition coefficient (Wildman–Crippen LogP) is 6.18. The second-order valence-electron chi connectivity index (χ2n) is 10.8. The summed E-state index contributed by atoms with van der Waals surface area (Å²) in [4.78, 5) is 19.6. The van der Waals surface area contributed by atoms with Gasteiger partial charge in [0.25, 0.3) is 0 Å². The van der Waals surface area contributed by atoms with Crippen LogP contribution in [0.3, 0.4) is 0 Å². The Labute approximate surface area is 241 Å². The number of fused-ring (bicyclic) bond motifs is 2. The van der Waals surface area contributed by atoms with E-state index in [9.17, 15) is 31.9 Å². The van der Waals surface area contributed by atoms with Crippen molar-refractivity contribution in [2.75, 3.05) is 0 Å². The first-order chi connectivity index (χ1) is 20.4. The van der Waals surface area contributed by atoms with Crippen molar-refractivity contribution in [2.45, 2.75) is 82.7 Å². The standard InChI is InChI=1S/C28H27F5N4O6/c1-14(19-12-21-22(13-35-19)43-28(32,33)42-21)40-23-11-16(9-10-34-23)37-24-18(25(36-37)27(29,30)31)3-2-4-20(24)41-17-7-5-15(6-8-17)26(38)39/h9-15,17,20H,2-8H2,1H3,(H,38,39)/t14-,15-,17-,20?/m0/s1. The van der Waals surface area contributed by atoms with Gasteiger partial charge in [-0.05, 0) is 57.9 Å². The highest BCUT2D eigenvalue weighted by Crippen LogP contribution is 2.44. The first-order valence-electron chi connectivity index (χ1n) is 13.8. The van der Waals surface area contributed by atoms with E-state index in [4.69, 9.17) is 9.47 Å². The molecule has 230 valence electrons. The highest BCUT2D eigenvalue weighted by molar-refractivity contribution is 5.70. The lowest BCUT2D eigenvalue weighted by atomic mass is 9.87. The van der Waals surface area contributed by atoms with Crippen LogP contribution in [0.2, 0.25) is 0 Å². The van der Waals surface area contributed by atoms with Gasteiger partial charge >= 0.3 is 18.4 Å². The van der Waals surface area contributed by atoms with E-state index < -0.39 is 42.3 Å². The third kappa shape index (κ3) is 5.94. The summed E-state index contributed by atoms with van der Waals surface area (Å²) in [5, 5.41) is 13.3. The average molecular weight is 611 g/mol. The predicted molar refractivity (Wildman–Crippen MR) is 136 cm³/mol. The monoisotopic (exact) mass is 610 g/mol. The SMILES string of the molecule is C[C@H](Oc1cc(-n2nc(C(F)(F)F)c3c2C(O[C@H]2CC[C@H](C(=O)O)CC2)CCC3)ccn1)c1cc2c(cn1)OC(F)(F)O2. The van der Waals surface area contributed by atoms with Crippen molar-refractivity contribution in [1.82, 2.24) is 19.7 Å². The number of hydrogen-bond donors (Lipinski definition) is 1. The normalized spacial score (nSPS) is 23.4. The Morgan fingerprint density at radius 3 is 2.58 bits per heavy atom. The van der Waals surface area contributed by atoms with Crippen LogP contribution >= 0.6 is 0 Å². The molecule has 3 aromatic rings. The van der Waals surface area contributed by atoms with Crippen molar-refractivity contribution in [3.63, 3.8) is 0 Å². The van der Waals surface area contributed by atoms with Gasteiger partial charge in [0.15, 0.2) is 17.2 Å². The molecule has 3 aromatic heterocycles. The lowest BCUT2D eigenvalue weighted by molar-refractivity contribution is -0.286. The molecule has 0 radical (unpaired) electrons. The smallest absolute Gasteiger partial charge is 0.481 e. The number of ether oxygens (including phenoxy) is 4. The maximum atomic E-state index is 14.1. The third-order valence-electron chi connectivity index (χ3n) is 7.86. The summed E-state index contributed by atoms with van der Waals surface area (Å²) in [5.41, 5.74) is -0.139. The Hall–Kier alpha value is -4.01. The molecule has 1 N–H and O–H groups in total. The Morgan fingerprint density at radius 1 is 1.12 bits per heavy atom. The lowest BCUT2D eigenvalue weighted by Crippen LogP contribution is -2.29. The first-order valence-corrected chi connectivity index (χ1v) is 13.8. The van der Waals surface area contributed by atoms with Crippen LogP contribution in [0.5, 0.6) is 17.4 Å². The molecule has 1 saturated carbocycles. The molecule has 0 bridgehead atoms. The number of pyridine rings is 2. The second kappa shape index (κ2) is 10.9. The van der Waals surface area contributed by atoms with E-state index in [1.807, 2.05) is 0 Å². The first kappa shape index (κ1) is 29.1. The topological polar surface area (TPSA) is 118 Å². The van der Waals surface area contributed by atoms with Gasteiger partial charge in [-0.1, -0.05) is 0 Å². The zero-order valence-electron chi connectivity index (χ0n) is 22.8. The molecule has 1 fully saturated rings. The molecule has 10 nitrogen and oxygen atoms in total. The molecule has 0 spiro atoms. The minimum absolute atomic E-state index is 0.0351. The molecule has 0 amide bonds. The van der Waals surface area contributed by atoms with Crippen molar-refractivity contribution in [2.24, 2.45) is 5.92 Å². The molecule has 6 rings (SSSR count). The van der Waals surface area contributed by atoms with E-state index in [1.165, 1.54) is 29.1 Å². The molecule has 1 unspecified atom stereocenters. The summed E-state index contributed by atoms with van der Waals surface area (Å²) in [6.45, 7) is 1.59. The fourth-order valence-corrected chi connectivity index (χ4v) is 5.81. The fourth-order valence-electron chi connectivity index (χ4n) is 5.81. The number of carboxylic acid groups (broad SMARTS) is 1. The minimum Gasteiger partial charge on any atom is -0.481 e. The van der Waals surface area contributed by atoms with E-state index in [0.29, 0.717) is 44.2 Å². The number of nitrogens with zero attached hydrogens (tertiary/aromatic N) is 4. The quantitative estimate of drug-likeness (QED) is 0.313. The van der Waals surface area contributed by atoms with Crippen LogP contribution in [0.15, 0.2) is 30.6 Å². The summed E-state index contributed by atoms with van der Waals surface area (Å²) in [7, 11) is 0. The van der Waals surface area contributed by atoms with Gasteiger partial charge in [0.1, 0.15) is 12.2 Å². The van der Waals surface area contributed by atoms with Crippen molar-refractivity contribution in [3.8, 4) is 23.1 Å². The molecular weight excluding hydrogens is 583 g/mol. The zero-order chi connectivity index (χ0) is 30.5. The summed E-state index contributed by atoms with van der Waals surface area (Å²) in [6.07, 6.45) is -4.80. The largest absolute Gasteiger partial charge is 0.586 e. The van der Waals surface area contributed by atoms with Gasteiger partial charge in [-0.25, -0.2) is 9.67 Å². The average Bonchev–Trinajstić information content (AvgIpc) is 3.50. The minimum atomic E-state index is -4.69. The Balaban J connectivity index is 1.27. The zero-order valence-corrected chi connectivity index (χ0v) is 22.8. The van der Waals surface area contributed by atoms with E-state index in [2.05, 4.69) is 24.5 Å². The summed E-state index contributed by atoms with van der Waals surface area (Å²) in [6, 6.07) is 4.17. The van der Waals surface area contributed by atoms with Gasteiger partial charge in [0.2, 0.25) is 5.88 Å². The molecule has 3 aliphatic rings. The van der Waals surface area contributed by atoms with Crippen LogP contribution in [0.4, 0.5) is 22.0 Å². The molecule has 4 heterocycles. The van der Waals surface area contributed by atoms with E-state index >= 15 is 0 Å². The Bertz CT molecular complexity index is 1520. The molecular formula is C28H27F5N4O6. The molecule has 1 aliphatic heterocycles. The molecule has 43 heavy (non-hydrogen) atoms. The maximum absolute atomic E-state index is 14.1. The summed E-state index contributed by atoms with van der Waals surface area (Å²) < 4.78 is 91.4. The molecule has 0 aromatic carbocycles. The number of alkyl halides is 5. The number of aliphatic carboxylic acids is 1. The van der Waals surface area contributed by atoms with Crippen LogP contribution in [-0.4, -0.2) is 43.2 Å². The number of hydrogen-bond acceptors (Lipinski definition) is 8. The Kier molecular flexibility index (Phi) is 7.39. The van der Waals surface area contributed by atoms with Crippen LogP contribution in [0.1, 0.15) is 80.3 Å². The number of aromatic nitrogens is 4. The van der Waals surface area contributed by atoms with E-state index in [0.717, 1.165) is 6.20 Å². The van der Waals surface area contributed by atoms with Gasteiger partial charge in [0.05, 0.1) is 35.3 Å². The molecule has 0 saturated heterocycles. The molecule has 2 aliphatic carbocycles. The molecule has 2 atom stereocenters. The highest BCUT2D eigenvalue weighted by Gasteiger charge is 2.44. The summed E-state index contributed by atoms with van der Waals surface area (Å²) in [5.74, 6) is -1.70. The second-order valence-corrected chi connectivity index (χ2v) is 10.8. The van der Waals surface area contributed by atoms with Crippen molar-refractivity contribution >= 4 is 5.97 Å². The number of halogens is 5. The third-order valence-corrected chi connectivity index (χ3v) is 7.86. The lowest BCUT2D eigenvalue weighted by Gasteiger charge is -2.32. The van der Waals surface area contributed by atoms with Crippen LogP contribution in [-0.2, 0) is 22.1 Å². The van der Waals surface area contributed by atoms with Gasteiger partial charge in [0, 0.05) is 23.9 Å².